The maximum absolute atomic E-state index is 12.0. The minimum atomic E-state index is -4.20. The van der Waals surface area contributed by atoms with Gasteiger partial charge in [-0.25, -0.2) is 14.8 Å². The summed E-state index contributed by atoms with van der Waals surface area (Å²) in [6, 6.07) is 0. The van der Waals surface area contributed by atoms with E-state index in [9.17, 15) is 18.0 Å². The van der Waals surface area contributed by atoms with Gasteiger partial charge in [0.25, 0.3) is 0 Å². The van der Waals surface area contributed by atoms with Crippen LogP contribution in [0.5, 0.6) is 0 Å². The smallest absolute Gasteiger partial charge is 0.290 e. The fourth-order valence-electron chi connectivity index (χ4n) is 1.55. The molecule has 0 fully saturated rings. The molecule has 0 unspecified atom stereocenters. The number of rotatable bonds is 3. The number of H-pyrrole nitrogens is 1. The third-order valence-corrected chi connectivity index (χ3v) is 2.30. The third-order valence-electron chi connectivity index (χ3n) is 2.30. The summed E-state index contributed by atoms with van der Waals surface area (Å²) in [5.74, 6) is 0. The third kappa shape index (κ3) is 2.63. The van der Waals surface area contributed by atoms with Gasteiger partial charge >= 0.3 is 11.9 Å². The Balaban J connectivity index is 2.19. The van der Waals surface area contributed by atoms with E-state index in [1.807, 2.05) is 0 Å². The minimum absolute atomic E-state index is 0.00822. The number of aryl methyl sites for hydroxylation is 1. The molecule has 8 heteroatoms. The number of aromatic nitrogens is 4. The van der Waals surface area contributed by atoms with E-state index in [1.165, 1.54) is 17.1 Å². The van der Waals surface area contributed by atoms with E-state index in [0.717, 1.165) is 0 Å². The molecule has 0 aliphatic rings. The quantitative estimate of drug-likeness (QED) is 0.891. The van der Waals surface area contributed by atoms with Crippen LogP contribution in [-0.4, -0.2) is 25.7 Å². The Labute approximate surface area is 93.3 Å². The summed E-state index contributed by atoms with van der Waals surface area (Å²) in [6.45, 7) is -0.00822. The van der Waals surface area contributed by atoms with Crippen LogP contribution in [0.25, 0.3) is 11.2 Å². The van der Waals surface area contributed by atoms with Crippen LogP contribution in [0.15, 0.2) is 17.3 Å². The zero-order valence-corrected chi connectivity index (χ0v) is 8.66. The number of nitrogens with zero attached hydrogens (tertiary/aromatic N) is 3. The molecule has 2 heterocycles. The number of aromatic amines is 1. The lowest BCUT2D eigenvalue weighted by Gasteiger charge is -2.06. The molecule has 0 radical (unpaired) electrons. The Morgan fingerprint density at radius 2 is 2.18 bits per heavy atom. The molecule has 5 nitrogen and oxygen atoms in total. The van der Waals surface area contributed by atoms with Crippen molar-refractivity contribution in [1.82, 2.24) is 19.5 Å². The van der Waals surface area contributed by atoms with Gasteiger partial charge in [-0.1, -0.05) is 0 Å². The van der Waals surface area contributed by atoms with Crippen molar-refractivity contribution in [1.29, 1.82) is 0 Å². The first-order chi connectivity index (χ1) is 7.97. The molecule has 0 aliphatic heterocycles. The van der Waals surface area contributed by atoms with Crippen molar-refractivity contribution in [2.75, 3.05) is 0 Å². The van der Waals surface area contributed by atoms with Gasteiger partial charge in [-0.3, -0.25) is 9.55 Å². The number of alkyl halides is 3. The number of nitrogens with one attached hydrogen (secondary N) is 1. The van der Waals surface area contributed by atoms with Crippen molar-refractivity contribution in [3.8, 4) is 0 Å². The molecule has 0 amide bonds. The molecule has 0 aliphatic carbocycles. The highest BCUT2D eigenvalue weighted by Gasteiger charge is 2.26. The topological polar surface area (TPSA) is 63.6 Å². The van der Waals surface area contributed by atoms with E-state index in [2.05, 4.69) is 15.0 Å². The Hall–Kier alpha value is -1.86. The summed E-state index contributed by atoms with van der Waals surface area (Å²) in [7, 11) is 0. The molecule has 92 valence electrons. The fourth-order valence-corrected chi connectivity index (χ4v) is 1.55. The normalized spacial score (nSPS) is 12.2. The Bertz CT molecular complexity index is 571. The van der Waals surface area contributed by atoms with Gasteiger partial charge in [-0.15, -0.1) is 0 Å². The standard InChI is InChI=1S/C9H9F3N4O/c10-9(11,12)2-1-3-16-6-4-13-5-14-7(6)15-8(16)17/h4-5H,1-3H2,(H,13,14,15,17). The SMILES string of the molecule is O=c1[nH]c2ncncc2n1CCCC(F)(F)F. The van der Waals surface area contributed by atoms with Gasteiger partial charge in [-0.05, 0) is 6.42 Å². The first kappa shape index (κ1) is 11.6. The summed E-state index contributed by atoms with van der Waals surface area (Å²) in [6.07, 6.45) is -2.61. The number of fused-ring (bicyclic) bond motifs is 1. The highest BCUT2D eigenvalue weighted by Crippen LogP contribution is 2.21. The van der Waals surface area contributed by atoms with Gasteiger partial charge in [-0.2, -0.15) is 13.2 Å². The molecule has 0 atom stereocenters. The van der Waals surface area contributed by atoms with Crippen LogP contribution >= 0.6 is 0 Å². The lowest BCUT2D eigenvalue weighted by Crippen LogP contribution is -2.18. The number of halogens is 3. The highest BCUT2D eigenvalue weighted by atomic mass is 19.4. The molecule has 17 heavy (non-hydrogen) atoms. The lowest BCUT2D eigenvalue weighted by atomic mass is 10.3. The predicted molar refractivity (Wildman–Crippen MR) is 53.4 cm³/mol. The molecule has 0 saturated heterocycles. The summed E-state index contributed by atoms with van der Waals surface area (Å²) in [5.41, 5.74) is 0.277. The lowest BCUT2D eigenvalue weighted by molar-refractivity contribution is -0.135. The van der Waals surface area contributed by atoms with Crippen LogP contribution < -0.4 is 5.69 Å². The molecule has 2 aromatic heterocycles. The van der Waals surface area contributed by atoms with Gasteiger partial charge in [0.1, 0.15) is 11.8 Å². The van der Waals surface area contributed by atoms with Crippen LogP contribution in [0.3, 0.4) is 0 Å². The van der Waals surface area contributed by atoms with E-state index in [0.29, 0.717) is 11.2 Å². The van der Waals surface area contributed by atoms with Gasteiger partial charge in [0.2, 0.25) is 0 Å². The van der Waals surface area contributed by atoms with E-state index >= 15 is 0 Å². The second kappa shape index (κ2) is 4.19. The van der Waals surface area contributed by atoms with Gasteiger partial charge < -0.3 is 0 Å². The molecule has 2 rings (SSSR count). The molecule has 0 spiro atoms. The number of hydrogen-bond donors (Lipinski definition) is 1. The first-order valence-electron chi connectivity index (χ1n) is 4.92. The molecule has 0 bridgehead atoms. The summed E-state index contributed by atoms with van der Waals surface area (Å²) < 4.78 is 37.1. The molecule has 0 saturated carbocycles. The van der Waals surface area contributed by atoms with Crippen LogP contribution in [-0.2, 0) is 6.54 Å². The minimum Gasteiger partial charge on any atom is -0.290 e. The van der Waals surface area contributed by atoms with E-state index < -0.39 is 18.3 Å². The average Bonchev–Trinajstić information content (AvgIpc) is 2.54. The van der Waals surface area contributed by atoms with E-state index in [-0.39, 0.29) is 13.0 Å². The number of hydrogen-bond acceptors (Lipinski definition) is 3. The molecular formula is C9H9F3N4O. The zero-order valence-electron chi connectivity index (χ0n) is 8.66. The van der Waals surface area contributed by atoms with Crippen LogP contribution in [0.2, 0.25) is 0 Å². The fraction of sp³-hybridized carbons (Fsp3) is 0.444. The van der Waals surface area contributed by atoms with Crippen LogP contribution in [0.4, 0.5) is 13.2 Å². The maximum atomic E-state index is 12.0. The summed E-state index contributed by atoms with van der Waals surface area (Å²) in [4.78, 5) is 21.4. The van der Waals surface area contributed by atoms with Crippen molar-refractivity contribution in [3.05, 3.63) is 23.0 Å². The van der Waals surface area contributed by atoms with Gasteiger partial charge in [0.05, 0.1) is 6.20 Å². The highest BCUT2D eigenvalue weighted by molar-refractivity contribution is 5.68. The molecule has 0 aromatic carbocycles. The molecule has 1 N–H and O–H groups in total. The van der Waals surface area contributed by atoms with Crippen molar-refractivity contribution < 1.29 is 13.2 Å². The average molecular weight is 246 g/mol. The largest absolute Gasteiger partial charge is 0.389 e. The predicted octanol–water partition coefficient (Wildman–Crippen LogP) is 1.46. The number of imidazole rings is 1. The monoisotopic (exact) mass is 246 g/mol. The first-order valence-corrected chi connectivity index (χ1v) is 4.92. The second-order valence-corrected chi connectivity index (χ2v) is 3.56. The van der Waals surface area contributed by atoms with E-state index in [4.69, 9.17) is 0 Å². The van der Waals surface area contributed by atoms with Crippen LogP contribution in [0, 0.1) is 0 Å². The second-order valence-electron chi connectivity index (χ2n) is 3.56. The summed E-state index contributed by atoms with van der Waals surface area (Å²) >= 11 is 0. The molecule has 2 aromatic rings. The van der Waals surface area contributed by atoms with Crippen molar-refractivity contribution in [3.63, 3.8) is 0 Å². The van der Waals surface area contributed by atoms with E-state index in [1.54, 1.807) is 0 Å². The van der Waals surface area contributed by atoms with Crippen LogP contribution in [0.1, 0.15) is 12.8 Å². The Morgan fingerprint density at radius 3 is 2.88 bits per heavy atom. The van der Waals surface area contributed by atoms with Gasteiger partial charge in [0.15, 0.2) is 5.65 Å². The Morgan fingerprint density at radius 1 is 1.41 bits per heavy atom. The maximum Gasteiger partial charge on any atom is 0.389 e. The van der Waals surface area contributed by atoms with Crippen molar-refractivity contribution >= 4 is 11.2 Å². The van der Waals surface area contributed by atoms with Gasteiger partial charge in [0, 0.05) is 13.0 Å². The van der Waals surface area contributed by atoms with Crippen molar-refractivity contribution in [2.45, 2.75) is 25.6 Å². The molecular weight excluding hydrogens is 237 g/mol. The van der Waals surface area contributed by atoms with Crippen molar-refractivity contribution in [2.24, 2.45) is 0 Å². The summed E-state index contributed by atoms with van der Waals surface area (Å²) in [5, 5.41) is 0. The Kier molecular flexibility index (Phi) is 2.86. The zero-order chi connectivity index (χ0) is 12.5.